The van der Waals surface area contributed by atoms with E-state index in [2.05, 4.69) is 5.32 Å². The molecule has 6 nitrogen and oxygen atoms in total. The molecule has 2 aromatic heterocycles. The molecule has 0 atom stereocenters. The average Bonchev–Trinajstić information content (AvgIpc) is 3.24. The van der Waals surface area contributed by atoms with Crippen LogP contribution in [0.1, 0.15) is 11.1 Å². The minimum Gasteiger partial charge on any atom is -0.476 e. The normalized spacial score (nSPS) is 10.9. The summed E-state index contributed by atoms with van der Waals surface area (Å²) in [6, 6.07) is 12.2. The first-order valence-corrected chi connectivity index (χ1v) is 9.22. The lowest BCUT2D eigenvalue weighted by molar-refractivity contribution is -0.118. The number of aryl methyl sites for hydroxylation is 2. The monoisotopic (exact) mass is 407 g/mol. The highest BCUT2D eigenvalue weighted by Gasteiger charge is 2.21. The van der Waals surface area contributed by atoms with E-state index < -0.39 is 23.8 Å². The van der Waals surface area contributed by atoms with Gasteiger partial charge in [0.05, 0.1) is 11.6 Å². The summed E-state index contributed by atoms with van der Waals surface area (Å²) in [5, 5.41) is 2.94. The zero-order chi connectivity index (χ0) is 21.3. The van der Waals surface area contributed by atoms with Gasteiger partial charge in [0, 0.05) is 5.69 Å². The van der Waals surface area contributed by atoms with E-state index in [4.69, 9.17) is 13.6 Å². The second-order valence-corrected chi connectivity index (χ2v) is 6.87. The fourth-order valence-corrected chi connectivity index (χ4v) is 3.20. The standard InChI is InChI=1S/C23H18FNO5/c1-13-10-14(2)21-17(11-13)20(27)23(22(30-21)18-4-3-9-28-18)29-12-19(26)25-16-7-5-15(24)6-8-16/h3-11H,12H2,1-2H3,(H,25,26). The number of fused-ring (bicyclic) bond motifs is 1. The minimum atomic E-state index is -0.507. The smallest absolute Gasteiger partial charge is 0.262 e. The molecule has 1 N–H and O–H groups in total. The third-order valence-corrected chi connectivity index (χ3v) is 4.50. The highest BCUT2D eigenvalue weighted by molar-refractivity contribution is 5.92. The van der Waals surface area contributed by atoms with Gasteiger partial charge in [-0.05, 0) is 67.4 Å². The van der Waals surface area contributed by atoms with Gasteiger partial charge in [0.25, 0.3) is 5.91 Å². The van der Waals surface area contributed by atoms with Crippen molar-refractivity contribution < 1.29 is 22.8 Å². The summed E-state index contributed by atoms with van der Waals surface area (Å²) < 4.78 is 30.0. The minimum absolute atomic E-state index is 0.110. The number of hydrogen-bond acceptors (Lipinski definition) is 5. The molecule has 0 aliphatic carbocycles. The zero-order valence-electron chi connectivity index (χ0n) is 16.3. The quantitative estimate of drug-likeness (QED) is 0.513. The predicted octanol–water partition coefficient (Wildman–Crippen LogP) is 4.83. The summed E-state index contributed by atoms with van der Waals surface area (Å²) in [7, 11) is 0. The van der Waals surface area contributed by atoms with Gasteiger partial charge in [-0.15, -0.1) is 0 Å². The molecule has 2 heterocycles. The molecule has 0 saturated carbocycles. The lowest BCUT2D eigenvalue weighted by Crippen LogP contribution is -2.22. The van der Waals surface area contributed by atoms with Gasteiger partial charge >= 0.3 is 0 Å². The number of carbonyl (C=O) groups is 1. The molecule has 0 bridgehead atoms. The van der Waals surface area contributed by atoms with Crippen LogP contribution in [0.5, 0.6) is 5.75 Å². The van der Waals surface area contributed by atoms with Gasteiger partial charge in [0.15, 0.2) is 12.4 Å². The molecular formula is C23H18FNO5. The Labute approximate surface area is 170 Å². The van der Waals surface area contributed by atoms with Crippen molar-refractivity contribution in [2.45, 2.75) is 13.8 Å². The molecular weight excluding hydrogens is 389 g/mol. The van der Waals surface area contributed by atoms with Crippen LogP contribution in [0, 0.1) is 19.7 Å². The Balaban J connectivity index is 1.69. The summed E-state index contributed by atoms with van der Waals surface area (Å²) in [4.78, 5) is 25.4. The predicted molar refractivity (Wildman–Crippen MR) is 110 cm³/mol. The molecule has 0 radical (unpaired) electrons. The van der Waals surface area contributed by atoms with Crippen LogP contribution in [0.15, 0.2) is 68.4 Å². The Morgan fingerprint density at radius 1 is 1.13 bits per heavy atom. The third-order valence-electron chi connectivity index (χ3n) is 4.50. The van der Waals surface area contributed by atoms with Gasteiger partial charge < -0.3 is 18.9 Å². The van der Waals surface area contributed by atoms with Crippen molar-refractivity contribution in [2.24, 2.45) is 0 Å². The van der Waals surface area contributed by atoms with Crippen LogP contribution < -0.4 is 15.5 Å². The van der Waals surface area contributed by atoms with Gasteiger partial charge in [-0.3, -0.25) is 9.59 Å². The van der Waals surface area contributed by atoms with E-state index in [1.165, 1.54) is 30.5 Å². The van der Waals surface area contributed by atoms with Gasteiger partial charge in [-0.2, -0.15) is 0 Å². The first kappa shape index (κ1) is 19.4. The van der Waals surface area contributed by atoms with Crippen molar-refractivity contribution in [3.05, 3.63) is 82.0 Å². The van der Waals surface area contributed by atoms with Crippen LogP contribution in [0.2, 0.25) is 0 Å². The molecule has 0 aliphatic heterocycles. The van der Waals surface area contributed by atoms with Gasteiger partial charge in [0.2, 0.25) is 16.9 Å². The molecule has 1 amide bonds. The Morgan fingerprint density at radius 3 is 2.60 bits per heavy atom. The Morgan fingerprint density at radius 2 is 1.90 bits per heavy atom. The van der Waals surface area contributed by atoms with Gasteiger partial charge in [-0.1, -0.05) is 6.07 Å². The Kier molecular flexibility index (Phi) is 5.10. The van der Waals surface area contributed by atoms with Crippen LogP contribution >= 0.6 is 0 Å². The second-order valence-electron chi connectivity index (χ2n) is 6.87. The lowest BCUT2D eigenvalue weighted by atomic mass is 10.1. The maximum absolute atomic E-state index is 13.2. The van der Waals surface area contributed by atoms with Gasteiger partial charge in [0.1, 0.15) is 11.4 Å². The fraction of sp³-hybridized carbons (Fsp3) is 0.130. The number of hydrogen-bond donors (Lipinski definition) is 1. The van der Waals surface area contributed by atoms with E-state index in [9.17, 15) is 14.0 Å². The number of halogens is 1. The number of amides is 1. The maximum atomic E-state index is 13.2. The molecule has 0 aliphatic rings. The van der Waals surface area contributed by atoms with E-state index in [1.807, 2.05) is 19.9 Å². The maximum Gasteiger partial charge on any atom is 0.262 e. The molecule has 4 aromatic rings. The van der Waals surface area contributed by atoms with Gasteiger partial charge in [-0.25, -0.2) is 4.39 Å². The molecule has 0 spiro atoms. The lowest BCUT2D eigenvalue weighted by Gasteiger charge is -2.12. The highest BCUT2D eigenvalue weighted by atomic mass is 19.1. The van der Waals surface area contributed by atoms with E-state index in [0.717, 1.165) is 11.1 Å². The van der Waals surface area contributed by atoms with E-state index in [-0.39, 0.29) is 11.5 Å². The topological polar surface area (TPSA) is 81.7 Å². The molecule has 7 heteroatoms. The molecule has 4 rings (SSSR count). The van der Waals surface area contributed by atoms with Crippen molar-refractivity contribution in [3.63, 3.8) is 0 Å². The Bertz CT molecular complexity index is 1270. The van der Waals surface area contributed by atoms with Crippen LogP contribution in [0.3, 0.4) is 0 Å². The SMILES string of the molecule is Cc1cc(C)c2oc(-c3ccco3)c(OCC(=O)Nc3ccc(F)cc3)c(=O)c2c1. The van der Waals surface area contributed by atoms with Crippen molar-refractivity contribution in [3.8, 4) is 17.3 Å². The second kappa shape index (κ2) is 7.87. The molecule has 0 unspecified atom stereocenters. The first-order chi connectivity index (χ1) is 14.4. The summed E-state index contributed by atoms with van der Waals surface area (Å²) in [6.45, 7) is 3.29. The van der Waals surface area contributed by atoms with Crippen molar-refractivity contribution in [2.75, 3.05) is 11.9 Å². The van der Waals surface area contributed by atoms with E-state index in [0.29, 0.717) is 22.4 Å². The van der Waals surface area contributed by atoms with Crippen LogP contribution in [0.25, 0.3) is 22.5 Å². The number of carbonyl (C=O) groups excluding carboxylic acids is 1. The summed E-state index contributed by atoms with van der Waals surface area (Å²) in [5.74, 6) is -0.614. The van der Waals surface area contributed by atoms with E-state index >= 15 is 0 Å². The molecule has 0 fully saturated rings. The Hall–Kier alpha value is -3.87. The largest absolute Gasteiger partial charge is 0.476 e. The van der Waals surface area contributed by atoms with Crippen LogP contribution in [-0.2, 0) is 4.79 Å². The average molecular weight is 407 g/mol. The zero-order valence-corrected chi connectivity index (χ0v) is 16.3. The van der Waals surface area contributed by atoms with Crippen molar-refractivity contribution in [1.29, 1.82) is 0 Å². The summed E-state index contributed by atoms with van der Waals surface area (Å²) >= 11 is 0. The first-order valence-electron chi connectivity index (χ1n) is 9.22. The highest BCUT2D eigenvalue weighted by Crippen LogP contribution is 2.32. The molecule has 152 valence electrons. The van der Waals surface area contributed by atoms with Crippen molar-refractivity contribution in [1.82, 2.24) is 0 Å². The number of ether oxygens (including phenoxy) is 1. The molecule has 30 heavy (non-hydrogen) atoms. The van der Waals surface area contributed by atoms with Crippen LogP contribution in [-0.4, -0.2) is 12.5 Å². The van der Waals surface area contributed by atoms with E-state index in [1.54, 1.807) is 18.2 Å². The number of furan rings is 1. The third kappa shape index (κ3) is 3.82. The number of nitrogens with one attached hydrogen (secondary N) is 1. The van der Waals surface area contributed by atoms with Crippen molar-refractivity contribution >= 4 is 22.6 Å². The molecule has 0 saturated heterocycles. The number of anilines is 1. The van der Waals surface area contributed by atoms with Crippen LogP contribution in [0.4, 0.5) is 10.1 Å². The fourth-order valence-electron chi connectivity index (χ4n) is 3.20. The number of rotatable bonds is 5. The number of benzene rings is 2. The summed E-state index contributed by atoms with van der Waals surface area (Å²) in [5.41, 5.74) is 2.14. The summed E-state index contributed by atoms with van der Waals surface area (Å²) in [6.07, 6.45) is 1.45. The molecule has 2 aromatic carbocycles.